The molecule has 0 aliphatic heterocycles. The number of fused-ring (bicyclic) bond motifs is 7. The molecule has 0 amide bonds. The van der Waals surface area contributed by atoms with Crippen LogP contribution in [0.3, 0.4) is 0 Å². The quantitative estimate of drug-likeness (QED) is 0.170. The molecule has 0 unspecified atom stereocenters. The van der Waals surface area contributed by atoms with Crippen molar-refractivity contribution in [1.29, 1.82) is 0 Å². The van der Waals surface area contributed by atoms with E-state index in [-0.39, 0.29) is 0 Å². The highest BCUT2D eigenvalue weighted by Crippen LogP contribution is 2.43. The van der Waals surface area contributed by atoms with Crippen molar-refractivity contribution < 1.29 is 0 Å². The van der Waals surface area contributed by atoms with Crippen LogP contribution in [0.15, 0.2) is 182 Å². The summed E-state index contributed by atoms with van der Waals surface area (Å²) in [7, 11) is 0. The van der Waals surface area contributed by atoms with Crippen LogP contribution in [0.5, 0.6) is 0 Å². The van der Waals surface area contributed by atoms with Gasteiger partial charge in [-0.2, -0.15) is 9.97 Å². The Morgan fingerprint density at radius 1 is 0.339 bits per heavy atom. The second-order valence-corrected chi connectivity index (χ2v) is 13.6. The average Bonchev–Trinajstić information content (AvgIpc) is 3.80. The third-order valence-electron chi connectivity index (χ3n) is 10.3. The summed E-state index contributed by atoms with van der Waals surface area (Å²) < 4.78 is 4.47. The van der Waals surface area contributed by atoms with Crippen molar-refractivity contribution in [2.24, 2.45) is 0 Å². The van der Waals surface area contributed by atoms with E-state index in [9.17, 15) is 0 Å². The molecule has 0 spiro atoms. The minimum absolute atomic E-state index is 0.516. The third-order valence-corrected chi connectivity index (χ3v) is 10.3. The molecule has 0 saturated heterocycles. The number of aromatic nitrogens is 8. The first-order valence-corrected chi connectivity index (χ1v) is 18.5. The predicted molar refractivity (Wildman–Crippen MR) is 224 cm³/mol. The molecule has 11 rings (SSSR count). The first-order valence-electron chi connectivity index (χ1n) is 18.5. The maximum atomic E-state index is 5.26. The fraction of sp³-hybridized carbons (Fsp3) is 0. The fourth-order valence-electron chi connectivity index (χ4n) is 7.82. The number of benzene rings is 5. The van der Waals surface area contributed by atoms with Gasteiger partial charge in [-0.05, 0) is 60.7 Å². The van der Waals surface area contributed by atoms with Crippen LogP contribution in [-0.4, -0.2) is 39.0 Å². The van der Waals surface area contributed by atoms with Gasteiger partial charge in [0.15, 0.2) is 11.6 Å². The molecule has 0 radical (unpaired) electrons. The molecule has 0 fully saturated rings. The van der Waals surface area contributed by atoms with E-state index in [2.05, 4.69) is 68.7 Å². The van der Waals surface area contributed by atoms with Crippen LogP contribution >= 0.6 is 0 Å². The van der Waals surface area contributed by atoms with E-state index < -0.39 is 0 Å². The SMILES string of the molecule is c1ccc(-c2nc(-c3ccccc3)nc(-n3c4ccc(-c5ccccn5)cc4c4ccc5c6cc(-c7ccccn7)ccc6n(-c6ccccn6)c5c43)n2)cc1. The number of hydrogen-bond acceptors (Lipinski definition) is 6. The van der Waals surface area contributed by atoms with Gasteiger partial charge < -0.3 is 0 Å². The van der Waals surface area contributed by atoms with Crippen LogP contribution in [0.1, 0.15) is 0 Å². The van der Waals surface area contributed by atoms with Crippen molar-refractivity contribution in [2.45, 2.75) is 0 Å². The number of hydrogen-bond donors (Lipinski definition) is 0. The Bertz CT molecular complexity index is 3160. The highest BCUT2D eigenvalue weighted by atomic mass is 15.2. The van der Waals surface area contributed by atoms with E-state index in [0.29, 0.717) is 17.6 Å². The molecular weight excluding hydrogens is 689 g/mol. The van der Waals surface area contributed by atoms with Crippen molar-refractivity contribution >= 4 is 43.6 Å². The van der Waals surface area contributed by atoms with Gasteiger partial charge in [-0.15, -0.1) is 0 Å². The lowest BCUT2D eigenvalue weighted by Crippen LogP contribution is -2.07. The Morgan fingerprint density at radius 3 is 1.32 bits per heavy atom. The van der Waals surface area contributed by atoms with Crippen molar-refractivity contribution in [3.63, 3.8) is 0 Å². The summed E-state index contributed by atoms with van der Waals surface area (Å²) in [6.45, 7) is 0. The summed E-state index contributed by atoms with van der Waals surface area (Å²) in [6, 6.07) is 55.8. The Morgan fingerprint density at radius 2 is 0.821 bits per heavy atom. The van der Waals surface area contributed by atoms with Crippen LogP contribution in [0.25, 0.3) is 101 Å². The van der Waals surface area contributed by atoms with Gasteiger partial charge in [-0.3, -0.25) is 19.1 Å². The molecule has 11 aromatic rings. The van der Waals surface area contributed by atoms with E-state index in [1.54, 1.807) is 0 Å². The van der Waals surface area contributed by atoms with Gasteiger partial charge in [-0.1, -0.05) is 103 Å². The molecule has 8 nitrogen and oxygen atoms in total. The molecular formula is C48H30N8. The second kappa shape index (κ2) is 12.9. The molecule has 6 heterocycles. The number of nitrogens with zero attached hydrogens (tertiary/aromatic N) is 8. The Kier molecular flexibility index (Phi) is 7.31. The van der Waals surface area contributed by atoms with Crippen LogP contribution in [0.2, 0.25) is 0 Å². The summed E-state index contributed by atoms with van der Waals surface area (Å²) in [6.07, 6.45) is 5.51. The molecule has 56 heavy (non-hydrogen) atoms. The van der Waals surface area contributed by atoms with Crippen molar-refractivity contribution in [2.75, 3.05) is 0 Å². The zero-order chi connectivity index (χ0) is 37.0. The van der Waals surface area contributed by atoms with Crippen molar-refractivity contribution in [3.05, 3.63) is 182 Å². The Labute approximate surface area is 321 Å². The molecule has 0 aliphatic rings. The van der Waals surface area contributed by atoms with Gasteiger partial charge in [0.25, 0.3) is 0 Å². The Hall–Kier alpha value is -7.84. The van der Waals surface area contributed by atoms with E-state index in [0.717, 1.165) is 83.1 Å². The van der Waals surface area contributed by atoms with Gasteiger partial charge in [0.05, 0.1) is 33.5 Å². The van der Waals surface area contributed by atoms with Gasteiger partial charge >= 0.3 is 0 Å². The van der Waals surface area contributed by atoms with Crippen LogP contribution in [-0.2, 0) is 0 Å². The molecule has 0 atom stereocenters. The van der Waals surface area contributed by atoms with Gasteiger partial charge in [0.1, 0.15) is 5.82 Å². The molecule has 0 bridgehead atoms. The normalized spacial score (nSPS) is 11.6. The lowest BCUT2D eigenvalue weighted by atomic mass is 10.0. The van der Waals surface area contributed by atoms with E-state index in [1.807, 2.05) is 128 Å². The van der Waals surface area contributed by atoms with Gasteiger partial charge in [-0.25, -0.2) is 9.97 Å². The second-order valence-electron chi connectivity index (χ2n) is 13.6. The topological polar surface area (TPSA) is 87.2 Å². The van der Waals surface area contributed by atoms with Crippen molar-refractivity contribution in [3.8, 4) is 57.1 Å². The van der Waals surface area contributed by atoms with Gasteiger partial charge in [0, 0.05) is 62.4 Å². The lowest BCUT2D eigenvalue weighted by molar-refractivity contribution is 0.952. The monoisotopic (exact) mass is 718 g/mol. The summed E-state index contributed by atoms with van der Waals surface area (Å²) in [5.41, 5.74) is 9.63. The van der Waals surface area contributed by atoms with Crippen LogP contribution in [0, 0.1) is 0 Å². The zero-order valence-electron chi connectivity index (χ0n) is 29.9. The fourth-order valence-corrected chi connectivity index (χ4v) is 7.82. The molecule has 0 N–H and O–H groups in total. The first-order chi connectivity index (χ1) is 27.8. The molecule has 6 aromatic heterocycles. The maximum Gasteiger partial charge on any atom is 0.238 e. The summed E-state index contributed by atoms with van der Waals surface area (Å²) in [5.74, 6) is 2.50. The minimum atomic E-state index is 0.516. The summed E-state index contributed by atoms with van der Waals surface area (Å²) in [4.78, 5) is 29.9. The first kappa shape index (κ1) is 31.7. The van der Waals surface area contributed by atoms with Gasteiger partial charge in [0.2, 0.25) is 5.95 Å². The highest BCUT2D eigenvalue weighted by molar-refractivity contribution is 6.24. The number of rotatable bonds is 6. The van der Waals surface area contributed by atoms with Crippen LogP contribution in [0.4, 0.5) is 0 Å². The smallest absolute Gasteiger partial charge is 0.238 e. The molecule has 5 aromatic carbocycles. The lowest BCUT2D eigenvalue weighted by Gasteiger charge is -2.13. The molecule has 0 aliphatic carbocycles. The number of pyridine rings is 3. The predicted octanol–water partition coefficient (Wildman–Crippen LogP) is 10.9. The summed E-state index contributed by atoms with van der Waals surface area (Å²) >= 11 is 0. The largest absolute Gasteiger partial charge is 0.292 e. The maximum absolute atomic E-state index is 5.26. The van der Waals surface area contributed by atoms with E-state index in [1.165, 1.54) is 0 Å². The highest BCUT2D eigenvalue weighted by Gasteiger charge is 2.24. The Balaban J connectivity index is 1.31. The molecule has 0 saturated carbocycles. The average molecular weight is 719 g/mol. The van der Waals surface area contributed by atoms with E-state index >= 15 is 0 Å². The zero-order valence-corrected chi connectivity index (χ0v) is 29.9. The molecule has 262 valence electrons. The molecule has 8 heteroatoms. The van der Waals surface area contributed by atoms with Crippen LogP contribution < -0.4 is 0 Å². The van der Waals surface area contributed by atoms with E-state index in [4.69, 9.17) is 24.9 Å². The van der Waals surface area contributed by atoms with Crippen molar-refractivity contribution in [1.82, 2.24) is 39.0 Å². The standard InChI is InChI=1S/C48H30N8/c1-3-13-31(14-4-1)46-52-47(32-15-5-2-6-16-32)54-48(53-46)56-42-25-21-34(40-18-8-11-27-50-40)30-38(42)36-23-22-35-37-29-33(39-17-7-10-26-49-39)20-24-41(37)55(44(35)45(36)56)43-19-9-12-28-51-43/h1-30H. The minimum Gasteiger partial charge on any atom is -0.292 e. The summed E-state index contributed by atoms with van der Waals surface area (Å²) in [5, 5.41) is 4.27. The third kappa shape index (κ3) is 5.15.